The summed E-state index contributed by atoms with van der Waals surface area (Å²) in [6, 6.07) is 17.5. The van der Waals surface area contributed by atoms with Gasteiger partial charge in [-0.15, -0.1) is 0 Å². The quantitative estimate of drug-likeness (QED) is 0.404. The number of aliphatic hydroxyl groups is 1. The lowest BCUT2D eigenvalue weighted by Crippen LogP contribution is -2.35. The average Bonchev–Trinajstić information content (AvgIpc) is 3.20. The van der Waals surface area contributed by atoms with Crippen molar-refractivity contribution in [3.63, 3.8) is 0 Å². The van der Waals surface area contributed by atoms with Gasteiger partial charge in [-0.2, -0.15) is 0 Å². The molecular weight excluding hydrogens is 433 g/mol. The van der Waals surface area contributed by atoms with E-state index in [1.165, 1.54) is 11.1 Å². The fourth-order valence-corrected chi connectivity index (χ4v) is 3.77. The fourth-order valence-electron chi connectivity index (χ4n) is 3.31. The molecule has 4 nitrogen and oxygen atoms in total. The third kappa shape index (κ3) is 7.29. The van der Waals surface area contributed by atoms with Crippen molar-refractivity contribution in [2.24, 2.45) is 0 Å². The van der Waals surface area contributed by atoms with Gasteiger partial charge in [0.2, 0.25) is 0 Å². The summed E-state index contributed by atoms with van der Waals surface area (Å²) in [5.74, 6) is 1.35. The van der Waals surface area contributed by atoms with Crippen molar-refractivity contribution < 1.29 is 14.3 Å². The molecule has 3 rings (SSSR count). The van der Waals surface area contributed by atoms with E-state index in [9.17, 15) is 5.11 Å². The second kappa shape index (κ2) is 10.6. The first-order valence-electron chi connectivity index (χ1n) is 10.3. The van der Waals surface area contributed by atoms with Gasteiger partial charge in [-0.3, -0.25) is 4.90 Å². The highest BCUT2D eigenvalue weighted by atomic mass is 35.5. The van der Waals surface area contributed by atoms with Crippen molar-refractivity contribution in [3.05, 3.63) is 87.8 Å². The van der Waals surface area contributed by atoms with Crippen LogP contribution in [0.15, 0.2) is 65.3 Å². The Morgan fingerprint density at radius 2 is 1.77 bits per heavy atom. The molecule has 0 amide bonds. The molecule has 1 heterocycles. The SMILES string of the molecule is CC(C)(C)c1ccc(CN(Cc2ccco2)CC(O)COc2ccc(Cl)cc2Cl)cc1. The number of hydrogen-bond donors (Lipinski definition) is 1. The molecule has 1 N–H and O–H groups in total. The van der Waals surface area contributed by atoms with Gasteiger partial charge in [0.05, 0.1) is 17.8 Å². The Labute approximate surface area is 194 Å². The Balaban J connectivity index is 1.64. The first-order chi connectivity index (χ1) is 14.7. The normalized spacial score (nSPS) is 12.9. The van der Waals surface area contributed by atoms with E-state index in [1.54, 1.807) is 24.5 Å². The molecule has 166 valence electrons. The molecule has 0 spiro atoms. The van der Waals surface area contributed by atoms with Crippen LogP contribution in [0.4, 0.5) is 0 Å². The van der Waals surface area contributed by atoms with Crippen LogP contribution in [0.25, 0.3) is 0 Å². The third-order valence-electron chi connectivity index (χ3n) is 4.98. The highest BCUT2D eigenvalue weighted by Gasteiger charge is 2.17. The van der Waals surface area contributed by atoms with Crippen molar-refractivity contribution in [2.75, 3.05) is 13.2 Å². The zero-order valence-electron chi connectivity index (χ0n) is 18.1. The number of rotatable bonds is 9. The fraction of sp³-hybridized carbons (Fsp3) is 0.360. The minimum Gasteiger partial charge on any atom is -0.489 e. The predicted molar refractivity (Wildman–Crippen MR) is 126 cm³/mol. The van der Waals surface area contributed by atoms with E-state index in [1.807, 2.05) is 12.1 Å². The standard InChI is InChI=1S/C25H29Cl2NO3/c1-25(2,3)19-8-6-18(7-9-19)14-28(16-22-5-4-12-30-22)15-21(29)17-31-24-11-10-20(26)13-23(24)27/h4-13,21,29H,14-17H2,1-3H3. The maximum atomic E-state index is 10.6. The third-order valence-corrected chi connectivity index (χ3v) is 5.51. The van der Waals surface area contributed by atoms with Crippen molar-refractivity contribution >= 4 is 23.2 Å². The topological polar surface area (TPSA) is 45.8 Å². The smallest absolute Gasteiger partial charge is 0.138 e. The molecular formula is C25H29Cl2NO3. The monoisotopic (exact) mass is 461 g/mol. The number of furan rings is 1. The highest BCUT2D eigenvalue weighted by Crippen LogP contribution is 2.27. The first kappa shape index (κ1) is 23.7. The molecule has 6 heteroatoms. The molecule has 0 bridgehead atoms. The van der Waals surface area contributed by atoms with E-state index in [2.05, 4.69) is 49.9 Å². The van der Waals surface area contributed by atoms with Gasteiger partial charge in [-0.1, -0.05) is 68.2 Å². The van der Waals surface area contributed by atoms with Gasteiger partial charge in [0, 0.05) is 18.1 Å². The summed E-state index contributed by atoms with van der Waals surface area (Å²) in [7, 11) is 0. The highest BCUT2D eigenvalue weighted by molar-refractivity contribution is 6.35. The molecule has 1 unspecified atom stereocenters. The van der Waals surface area contributed by atoms with Crippen LogP contribution in [0.2, 0.25) is 10.0 Å². The van der Waals surface area contributed by atoms with Gasteiger partial charge in [0.15, 0.2) is 0 Å². The number of hydrogen-bond acceptors (Lipinski definition) is 4. The number of nitrogens with zero attached hydrogens (tertiary/aromatic N) is 1. The summed E-state index contributed by atoms with van der Waals surface area (Å²) in [5, 5.41) is 11.6. The predicted octanol–water partition coefficient (Wildman–Crippen LogP) is 6.33. The zero-order chi connectivity index (χ0) is 22.4. The van der Waals surface area contributed by atoms with Gasteiger partial charge >= 0.3 is 0 Å². The van der Waals surface area contributed by atoms with Crippen molar-refractivity contribution in [1.29, 1.82) is 0 Å². The van der Waals surface area contributed by atoms with Gasteiger partial charge in [-0.25, -0.2) is 0 Å². The lowest BCUT2D eigenvalue weighted by molar-refractivity contribution is 0.0605. The Morgan fingerprint density at radius 3 is 2.39 bits per heavy atom. The number of ether oxygens (including phenoxy) is 1. The van der Waals surface area contributed by atoms with Crippen LogP contribution in [0.5, 0.6) is 5.75 Å². The van der Waals surface area contributed by atoms with Crippen molar-refractivity contribution in [3.8, 4) is 5.75 Å². The molecule has 0 aliphatic heterocycles. The summed E-state index contributed by atoms with van der Waals surface area (Å²) in [6.45, 7) is 8.43. The molecule has 0 saturated heterocycles. The number of aliphatic hydroxyl groups excluding tert-OH is 1. The molecule has 0 aliphatic carbocycles. The van der Waals surface area contributed by atoms with E-state index >= 15 is 0 Å². The summed E-state index contributed by atoms with van der Waals surface area (Å²) < 4.78 is 11.2. The van der Waals surface area contributed by atoms with E-state index in [4.69, 9.17) is 32.4 Å². The summed E-state index contributed by atoms with van der Waals surface area (Å²) in [4.78, 5) is 2.14. The van der Waals surface area contributed by atoms with Gasteiger partial charge in [0.1, 0.15) is 24.2 Å². The maximum absolute atomic E-state index is 10.6. The second-order valence-corrected chi connectivity index (χ2v) is 9.58. The zero-order valence-corrected chi connectivity index (χ0v) is 19.7. The molecule has 0 radical (unpaired) electrons. The lowest BCUT2D eigenvalue weighted by Gasteiger charge is -2.25. The molecule has 0 saturated carbocycles. The lowest BCUT2D eigenvalue weighted by atomic mass is 9.87. The molecule has 1 atom stereocenters. The number of halogens is 2. The van der Waals surface area contributed by atoms with Crippen LogP contribution in [0.1, 0.15) is 37.7 Å². The Morgan fingerprint density at radius 1 is 1.03 bits per heavy atom. The van der Waals surface area contributed by atoms with E-state index in [0.29, 0.717) is 35.4 Å². The minimum atomic E-state index is -0.699. The Kier molecular flexibility index (Phi) is 8.06. The van der Waals surface area contributed by atoms with Gasteiger partial charge in [-0.05, 0) is 46.9 Å². The minimum absolute atomic E-state index is 0.114. The van der Waals surface area contributed by atoms with Crippen LogP contribution in [0, 0.1) is 0 Å². The van der Waals surface area contributed by atoms with Crippen molar-refractivity contribution in [1.82, 2.24) is 4.90 Å². The van der Waals surface area contributed by atoms with Crippen LogP contribution < -0.4 is 4.74 Å². The molecule has 0 fully saturated rings. The molecule has 3 aromatic rings. The van der Waals surface area contributed by atoms with E-state index < -0.39 is 6.10 Å². The maximum Gasteiger partial charge on any atom is 0.138 e. The van der Waals surface area contributed by atoms with Crippen molar-refractivity contribution in [2.45, 2.75) is 45.4 Å². The largest absolute Gasteiger partial charge is 0.489 e. The summed E-state index contributed by atoms with van der Waals surface area (Å²) >= 11 is 12.1. The van der Waals surface area contributed by atoms with E-state index in [-0.39, 0.29) is 12.0 Å². The molecule has 1 aromatic heterocycles. The van der Waals surface area contributed by atoms with Gasteiger partial charge in [0.25, 0.3) is 0 Å². The second-order valence-electron chi connectivity index (χ2n) is 8.74. The molecule has 0 aliphatic rings. The molecule has 31 heavy (non-hydrogen) atoms. The first-order valence-corrected chi connectivity index (χ1v) is 11.1. The van der Waals surface area contributed by atoms with Crippen LogP contribution in [0.3, 0.4) is 0 Å². The summed E-state index contributed by atoms with van der Waals surface area (Å²) in [6.07, 6.45) is 0.962. The molecule has 2 aromatic carbocycles. The van der Waals surface area contributed by atoms with Crippen LogP contribution in [-0.4, -0.2) is 29.3 Å². The summed E-state index contributed by atoms with van der Waals surface area (Å²) in [5.41, 5.74) is 2.58. The van der Waals surface area contributed by atoms with Crippen LogP contribution in [-0.2, 0) is 18.5 Å². The Hall–Kier alpha value is -1.98. The number of benzene rings is 2. The average molecular weight is 462 g/mol. The van der Waals surface area contributed by atoms with Gasteiger partial charge < -0.3 is 14.3 Å². The van der Waals surface area contributed by atoms with Crippen LogP contribution >= 0.6 is 23.2 Å². The Bertz CT molecular complexity index is 950. The van der Waals surface area contributed by atoms with E-state index in [0.717, 1.165) is 5.76 Å².